The Balaban J connectivity index is 2.97. The predicted molar refractivity (Wildman–Crippen MR) is 66.9 cm³/mol. The Kier molecular flexibility index (Phi) is 4.63. The van der Waals surface area contributed by atoms with E-state index < -0.39 is 17.9 Å². The summed E-state index contributed by atoms with van der Waals surface area (Å²) in [6, 6.07) is 6.32. The Labute approximate surface area is 110 Å². The molecule has 0 saturated heterocycles. The van der Waals surface area contributed by atoms with E-state index in [-0.39, 0.29) is 12.3 Å². The molecule has 1 rings (SSSR count). The van der Waals surface area contributed by atoms with Gasteiger partial charge in [-0.25, -0.2) is 0 Å². The molecule has 0 bridgehead atoms. The monoisotopic (exact) mass is 265 g/mol. The number of hydrogen-bond donors (Lipinski definition) is 2. The molecule has 0 aliphatic heterocycles. The van der Waals surface area contributed by atoms with Crippen LogP contribution < -0.4 is 0 Å². The zero-order chi connectivity index (χ0) is 14.6. The molecule has 0 heterocycles. The van der Waals surface area contributed by atoms with Crippen molar-refractivity contribution in [3.8, 4) is 0 Å². The molecule has 1 aromatic rings. The van der Waals surface area contributed by atoms with Gasteiger partial charge in [-0.15, -0.1) is 0 Å². The van der Waals surface area contributed by atoms with Crippen LogP contribution in [0.4, 0.5) is 0 Å². The van der Waals surface area contributed by atoms with Crippen LogP contribution in [-0.2, 0) is 16.0 Å². The molecule has 1 amide bonds. The molecule has 6 heteroatoms. The largest absolute Gasteiger partial charge is 0.481 e. The van der Waals surface area contributed by atoms with Gasteiger partial charge in [0.25, 0.3) is 5.91 Å². The van der Waals surface area contributed by atoms with Crippen molar-refractivity contribution in [1.82, 2.24) is 4.90 Å². The lowest BCUT2D eigenvalue weighted by Gasteiger charge is -2.12. The lowest BCUT2D eigenvalue weighted by Crippen LogP contribution is -2.26. The minimum atomic E-state index is -1.51. The highest BCUT2D eigenvalue weighted by Gasteiger charge is 2.26. The number of nitrogens with zero attached hydrogens (tertiary/aromatic N) is 1. The Morgan fingerprint density at radius 3 is 2.21 bits per heavy atom. The Morgan fingerprint density at radius 2 is 1.74 bits per heavy atom. The first-order valence-electron chi connectivity index (χ1n) is 5.59. The molecule has 0 unspecified atom stereocenters. The van der Waals surface area contributed by atoms with Gasteiger partial charge >= 0.3 is 11.9 Å². The third-order valence-electron chi connectivity index (χ3n) is 2.62. The van der Waals surface area contributed by atoms with Crippen molar-refractivity contribution in [1.29, 1.82) is 0 Å². The summed E-state index contributed by atoms with van der Waals surface area (Å²) in [6.07, 6.45) is -0.154. The number of amides is 1. The minimum Gasteiger partial charge on any atom is -0.481 e. The standard InChI is InChI=1S/C13H15NO5/c1-14(2)11(15)9-5-3-4-8(6-9)7-10(12(16)17)13(18)19/h3-6,10H,7H2,1-2H3,(H,16,17)(H,18,19). The number of carboxylic acids is 2. The molecule has 0 fully saturated rings. The molecule has 0 atom stereocenters. The van der Waals surface area contributed by atoms with Gasteiger partial charge < -0.3 is 15.1 Å². The van der Waals surface area contributed by atoms with Gasteiger partial charge in [0.15, 0.2) is 5.92 Å². The number of aliphatic carboxylic acids is 2. The molecule has 0 aliphatic carbocycles. The lowest BCUT2D eigenvalue weighted by atomic mass is 9.98. The maximum atomic E-state index is 11.7. The zero-order valence-electron chi connectivity index (χ0n) is 10.7. The molecular formula is C13H15NO5. The number of benzene rings is 1. The summed E-state index contributed by atoms with van der Waals surface area (Å²) in [5.74, 6) is -4.51. The average molecular weight is 265 g/mol. The van der Waals surface area contributed by atoms with E-state index in [1.807, 2.05) is 0 Å². The van der Waals surface area contributed by atoms with Crippen molar-refractivity contribution in [3.63, 3.8) is 0 Å². The van der Waals surface area contributed by atoms with Crippen LogP contribution in [0, 0.1) is 5.92 Å². The van der Waals surface area contributed by atoms with Crippen LogP contribution in [0.25, 0.3) is 0 Å². The Hall–Kier alpha value is -2.37. The molecule has 6 nitrogen and oxygen atoms in total. The number of carbonyl (C=O) groups excluding carboxylic acids is 1. The van der Waals surface area contributed by atoms with Crippen molar-refractivity contribution in [2.75, 3.05) is 14.1 Å². The Bertz CT molecular complexity index is 496. The second-order valence-corrected chi connectivity index (χ2v) is 4.33. The van der Waals surface area contributed by atoms with Gasteiger partial charge in [-0.2, -0.15) is 0 Å². The maximum absolute atomic E-state index is 11.7. The van der Waals surface area contributed by atoms with E-state index in [0.717, 1.165) is 0 Å². The average Bonchev–Trinajstić information content (AvgIpc) is 2.34. The number of rotatable bonds is 5. The highest BCUT2D eigenvalue weighted by Crippen LogP contribution is 2.13. The van der Waals surface area contributed by atoms with Crippen LogP contribution in [-0.4, -0.2) is 47.1 Å². The van der Waals surface area contributed by atoms with Crippen LogP contribution in [0.5, 0.6) is 0 Å². The van der Waals surface area contributed by atoms with E-state index >= 15 is 0 Å². The molecule has 0 saturated carbocycles. The van der Waals surface area contributed by atoms with Crippen molar-refractivity contribution in [3.05, 3.63) is 35.4 Å². The maximum Gasteiger partial charge on any atom is 0.318 e. The van der Waals surface area contributed by atoms with Crippen LogP contribution in [0.1, 0.15) is 15.9 Å². The molecule has 0 spiro atoms. The SMILES string of the molecule is CN(C)C(=O)c1cccc(CC(C(=O)O)C(=O)O)c1. The summed E-state index contributed by atoms with van der Waals surface area (Å²) in [7, 11) is 3.21. The topological polar surface area (TPSA) is 94.9 Å². The van der Waals surface area contributed by atoms with Crippen molar-refractivity contribution >= 4 is 17.8 Å². The molecule has 19 heavy (non-hydrogen) atoms. The Morgan fingerprint density at radius 1 is 1.16 bits per heavy atom. The van der Waals surface area contributed by atoms with Gasteiger partial charge in [-0.3, -0.25) is 14.4 Å². The molecule has 2 N–H and O–H groups in total. The van der Waals surface area contributed by atoms with Crippen molar-refractivity contribution in [2.45, 2.75) is 6.42 Å². The first-order chi connectivity index (χ1) is 8.82. The second kappa shape index (κ2) is 5.99. The number of hydrogen-bond acceptors (Lipinski definition) is 3. The van der Waals surface area contributed by atoms with Gasteiger partial charge in [0.1, 0.15) is 0 Å². The summed E-state index contributed by atoms with van der Waals surface area (Å²) in [6.45, 7) is 0. The second-order valence-electron chi connectivity index (χ2n) is 4.33. The molecular weight excluding hydrogens is 250 g/mol. The lowest BCUT2D eigenvalue weighted by molar-refractivity contribution is -0.154. The predicted octanol–water partition coefficient (Wildman–Crippen LogP) is 0.716. The summed E-state index contributed by atoms with van der Waals surface area (Å²) in [4.78, 5) is 34.8. The van der Waals surface area contributed by atoms with E-state index in [9.17, 15) is 14.4 Å². The van der Waals surface area contributed by atoms with Crippen LogP contribution >= 0.6 is 0 Å². The number of carboxylic acid groups (broad SMARTS) is 2. The summed E-state index contributed by atoms with van der Waals surface area (Å²) < 4.78 is 0. The molecule has 102 valence electrons. The van der Waals surface area contributed by atoms with E-state index in [4.69, 9.17) is 10.2 Å². The minimum absolute atomic E-state index is 0.154. The van der Waals surface area contributed by atoms with E-state index in [0.29, 0.717) is 11.1 Å². The van der Waals surface area contributed by atoms with Crippen LogP contribution in [0.15, 0.2) is 24.3 Å². The smallest absolute Gasteiger partial charge is 0.318 e. The summed E-state index contributed by atoms with van der Waals surface area (Å²) >= 11 is 0. The molecule has 0 aromatic heterocycles. The highest BCUT2D eigenvalue weighted by molar-refractivity contribution is 5.95. The molecule has 0 radical (unpaired) electrons. The number of carbonyl (C=O) groups is 3. The van der Waals surface area contributed by atoms with Crippen molar-refractivity contribution in [2.24, 2.45) is 5.92 Å². The first-order valence-corrected chi connectivity index (χ1v) is 5.59. The highest BCUT2D eigenvalue weighted by atomic mass is 16.4. The van der Waals surface area contributed by atoms with Crippen LogP contribution in [0.3, 0.4) is 0 Å². The fraction of sp³-hybridized carbons (Fsp3) is 0.308. The summed E-state index contributed by atoms with van der Waals surface area (Å²) in [5, 5.41) is 17.6. The first kappa shape index (κ1) is 14.7. The fourth-order valence-electron chi connectivity index (χ4n) is 1.61. The van der Waals surface area contributed by atoms with Crippen molar-refractivity contribution < 1.29 is 24.6 Å². The van der Waals surface area contributed by atoms with Gasteiger partial charge in [-0.05, 0) is 24.1 Å². The van der Waals surface area contributed by atoms with Gasteiger partial charge in [0.05, 0.1) is 0 Å². The summed E-state index contributed by atoms with van der Waals surface area (Å²) in [5.41, 5.74) is 0.902. The van der Waals surface area contributed by atoms with Crippen LogP contribution in [0.2, 0.25) is 0 Å². The third-order valence-corrected chi connectivity index (χ3v) is 2.62. The fourth-order valence-corrected chi connectivity index (χ4v) is 1.61. The quantitative estimate of drug-likeness (QED) is 0.765. The van der Waals surface area contributed by atoms with E-state index in [1.165, 1.54) is 11.0 Å². The van der Waals surface area contributed by atoms with E-state index in [2.05, 4.69) is 0 Å². The third kappa shape index (κ3) is 3.80. The zero-order valence-corrected chi connectivity index (χ0v) is 10.7. The van der Waals surface area contributed by atoms with Gasteiger partial charge in [0, 0.05) is 19.7 Å². The molecule has 1 aromatic carbocycles. The van der Waals surface area contributed by atoms with E-state index in [1.54, 1.807) is 32.3 Å². The van der Waals surface area contributed by atoms with Gasteiger partial charge in [0.2, 0.25) is 0 Å². The molecule has 0 aliphatic rings. The normalized spacial score (nSPS) is 10.3. The van der Waals surface area contributed by atoms with Gasteiger partial charge in [-0.1, -0.05) is 12.1 Å².